The summed E-state index contributed by atoms with van der Waals surface area (Å²) >= 11 is 1.86. The molecule has 96 valence electrons. The van der Waals surface area contributed by atoms with Gasteiger partial charge in [-0.1, -0.05) is 6.92 Å². The summed E-state index contributed by atoms with van der Waals surface area (Å²) in [6, 6.07) is 6.44. The minimum absolute atomic E-state index is 0.479. The van der Waals surface area contributed by atoms with Crippen LogP contribution in [-0.4, -0.2) is 23.0 Å². The fourth-order valence-corrected chi connectivity index (χ4v) is 2.74. The van der Waals surface area contributed by atoms with E-state index >= 15 is 0 Å². The van der Waals surface area contributed by atoms with Crippen molar-refractivity contribution in [3.63, 3.8) is 0 Å². The molecule has 0 radical (unpaired) electrons. The lowest BCUT2D eigenvalue weighted by Gasteiger charge is -2.19. The number of rotatable bonds is 5. The third-order valence-corrected chi connectivity index (χ3v) is 3.81. The number of nitrogen functional groups attached to an aromatic ring is 1. The van der Waals surface area contributed by atoms with E-state index in [1.165, 1.54) is 0 Å². The zero-order chi connectivity index (χ0) is 13.0. The van der Waals surface area contributed by atoms with E-state index in [9.17, 15) is 0 Å². The minimum atomic E-state index is 0.479. The fourth-order valence-electron chi connectivity index (χ4n) is 2.02. The average molecular weight is 261 g/mol. The molecule has 1 atom stereocenters. The van der Waals surface area contributed by atoms with Gasteiger partial charge in [0.1, 0.15) is 0 Å². The molecule has 1 aromatic carbocycles. The van der Waals surface area contributed by atoms with Crippen molar-refractivity contribution >= 4 is 33.9 Å². The summed E-state index contributed by atoms with van der Waals surface area (Å²) in [4.78, 5) is 4.19. The van der Waals surface area contributed by atoms with E-state index in [1.54, 1.807) is 6.20 Å². The van der Waals surface area contributed by atoms with Gasteiger partial charge in [-0.3, -0.25) is 4.98 Å². The van der Waals surface area contributed by atoms with Crippen molar-refractivity contribution in [2.24, 2.45) is 0 Å². The highest BCUT2D eigenvalue weighted by molar-refractivity contribution is 7.98. The number of benzene rings is 1. The molecule has 0 saturated heterocycles. The second-order valence-corrected chi connectivity index (χ2v) is 5.24. The Morgan fingerprint density at radius 2 is 2.17 bits per heavy atom. The Bertz CT molecular complexity index is 527. The van der Waals surface area contributed by atoms with E-state index < -0.39 is 0 Å². The summed E-state index contributed by atoms with van der Waals surface area (Å²) in [5, 5.41) is 5.74. The van der Waals surface area contributed by atoms with Gasteiger partial charge in [0.15, 0.2) is 0 Å². The molecule has 0 aliphatic heterocycles. The fraction of sp³-hybridized carbons (Fsp3) is 0.357. The Morgan fingerprint density at radius 1 is 1.33 bits per heavy atom. The molecule has 1 unspecified atom stereocenters. The monoisotopic (exact) mass is 261 g/mol. The third-order valence-electron chi connectivity index (χ3n) is 3.07. The van der Waals surface area contributed by atoms with E-state index in [4.69, 9.17) is 5.73 Å². The van der Waals surface area contributed by atoms with Crippen molar-refractivity contribution < 1.29 is 0 Å². The molecule has 0 aliphatic carbocycles. The number of thioether (sulfide) groups is 1. The van der Waals surface area contributed by atoms with Crippen LogP contribution in [0.1, 0.15) is 13.3 Å². The van der Waals surface area contributed by atoms with Crippen molar-refractivity contribution in [1.29, 1.82) is 0 Å². The molecule has 1 aromatic heterocycles. The Morgan fingerprint density at radius 3 is 2.89 bits per heavy atom. The highest BCUT2D eigenvalue weighted by Crippen LogP contribution is 2.28. The second kappa shape index (κ2) is 5.96. The molecule has 4 heteroatoms. The molecule has 3 N–H and O–H groups in total. The van der Waals surface area contributed by atoms with Crippen molar-refractivity contribution in [3.8, 4) is 0 Å². The summed E-state index contributed by atoms with van der Waals surface area (Å²) in [6.45, 7) is 2.20. The first-order valence-corrected chi connectivity index (χ1v) is 7.53. The molecule has 1 heterocycles. The van der Waals surface area contributed by atoms with Crippen molar-refractivity contribution in [2.45, 2.75) is 19.4 Å². The first-order valence-electron chi connectivity index (χ1n) is 6.14. The van der Waals surface area contributed by atoms with Gasteiger partial charge in [-0.05, 0) is 30.9 Å². The summed E-state index contributed by atoms with van der Waals surface area (Å²) < 4.78 is 0. The average Bonchev–Trinajstić information content (AvgIpc) is 2.41. The van der Waals surface area contributed by atoms with Crippen LogP contribution in [0, 0.1) is 0 Å². The molecular weight excluding hydrogens is 242 g/mol. The first kappa shape index (κ1) is 13.0. The summed E-state index contributed by atoms with van der Waals surface area (Å²) in [7, 11) is 0. The van der Waals surface area contributed by atoms with Crippen LogP contribution in [0.25, 0.3) is 10.8 Å². The first-order chi connectivity index (χ1) is 8.76. The number of hydrogen-bond acceptors (Lipinski definition) is 4. The van der Waals surface area contributed by atoms with E-state index in [0.717, 1.165) is 34.3 Å². The maximum Gasteiger partial charge on any atom is 0.0439 e. The topological polar surface area (TPSA) is 50.9 Å². The summed E-state index contributed by atoms with van der Waals surface area (Å²) in [5.41, 5.74) is 7.91. The molecule has 0 fully saturated rings. The van der Waals surface area contributed by atoms with Gasteiger partial charge in [-0.25, -0.2) is 0 Å². The normalized spacial score (nSPS) is 12.6. The van der Waals surface area contributed by atoms with E-state index in [1.807, 2.05) is 36.2 Å². The van der Waals surface area contributed by atoms with Gasteiger partial charge in [-0.15, -0.1) is 0 Å². The molecule has 2 rings (SSSR count). The van der Waals surface area contributed by atoms with Gasteiger partial charge in [0.25, 0.3) is 0 Å². The number of nitrogens with one attached hydrogen (secondary N) is 1. The van der Waals surface area contributed by atoms with Crippen LogP contribution in [0.3, 0.4) is 0 Å². The van der Waals surface area contributed by atoms with Crippen LogP contribution >= 0.6 is 11.8 Å². The van der Waals surface area contributed by atoms with Gasteiger partial charge in [0.2, 0.25) is 0 Å². The quantitative estimate of drug-likeness (QED) is 0.810. The van der Waals surface area contributed by atoms with Crippen LogP contribution < -0.4 is 11.1 Å². The Kier molecular flexibility index (Phi) is 4.31. The lowest BCUT2D eigenvalue weighted by atomic mass is 10.1. The van der Waals surface area contributed by atoms with Crippen LogP contribution in [0.5, 0.6) is 0 Å². The van der Waals surface area contributed by atoms with Crippen LogP contribution in [0.2, 0.25) is 0 Å². The number of anilines is 2. The van der Waals surface area contributed by atoms with Gasteiger partial charge >= 0.3 is 0 Å². The van der Waals surface area contributed by atoms with E-state index in [2.05, 4.69) is 23.5 Å². The predicted molar refractivity (Wildman–Crippen MR) is 82.2 cm³/mol. The summed E-state index contributed by atoms with van der Waals surface area (Å²) in [5.74, 6) is 1.10. The lowest BCUT2D eigenvalue weighted by molar-refractivity contribution is 0.776. The molecule has 2 aromatic rings. The number of hydrogen-bond donors (Lipinski definition) is 2. The molecule has 0 saturated carbocycles. The zero-order valence-corrected chi connectivity index (χ0v) is 11.6. The molecule has 0 amide bonds. The lowest BCUT2D eigenvalue weighted by Crippen LogP contribution is -2.21. The molecular formula is C14H19N3S. The van der Waals surface area contributed by atoms with Crippen molar-refractivity contribution in [1.82, 2.24) is 4.98 Å². The van der Waals surface area contributed by atoms with Crippen LogP contribution in [0.4, 0.5) is 11.4 Å². The standard InChI is InChI=1S/C14H19N3S/c1-3-10(9-18-2)17-14-5-4-13(15)11-6-7-16-8-12(11)14/h4-8,10,17H,3,9,15H2,1-2H3. The smallest absolute Gasteiger partial charge is 0.0439 e. The predicted octanol–water partition coefficient (Wildman–Crippen LogP) is 3.37. The van der Waals surface area contributed by atoms with E-state index in [-0.39, 0.29) is 0 Å². The largest absolute Gasteiger partial charge is 0.398 e. The zero-order valence-electron chi connectivity index (χ0n) is 10.8. The highest BCUT2D eigenvalue weighted by Gasteiger charge is 2.09. The van der Waals surface area contributed by atoms with E-state index in [0.29, 0.717) is 6.04 Å². The summed E-state index contributed by atoms with van der Waals surface area (Å²) in [6.07, 6.45) is 6.89. The number of nitrogens with two attached hydrogens (primary N) is 1. The Hall–Kier alpha value is -1.42. The maximum absolute atomic E-state index is 5.99. The van der Waals surface area contributed by atoms with Crippen molar-refractivity contribution in [2.75, 3.05) is 23.1 Å². The number of fused-ring (bicyclic) bond motifs is 1. The molecule has 3 nitrogen and oxygen atoms in total. The van der Waals surface area contributed by atoms with Crippen molar-refractivity contribution in [3.05, 3.63) is 30.6 Å². The SMILES string of the molecule is CCC(CSC)Nc1ccc(N)c2ccncc12. The van der Waals surface area contributed by atoms with Crippen LogP contribution in [-0.2, 0) is 0 Å². The molecule has 0 spiro atoms. The third kappa shape index (κ3) is 2.70. The Labute approximate surface area is 112 Å². The number of pyridine rings is 1. The van der Waals surface area contributed by atoms with Gasteiger partial charge < -0.3 is 11.1 Å². The number of aromatic nitrogens is 1. The van der Waals surface area contributed by atoms with Gasteiger partial charge in [-0.2, -0.15) is 11.8 Å². The maximum atomic E-state index is 5.99. The molecule has 18 heavy (non-hydrogen) atoms. The molecule has 0 aliphatic rings. The molecule has 0 bridgehead atoms. The minimum Gasteiger partial charge on any atom is -0.398 e. The second-order valence-electron chi connectivity index (χ2n) is 4.33. The highest BCUT2D eigenvalue weighted by atomic mass is 32.2. The van der Waals surface area contributed by atoms with Gasteiger partial charge in [0.05, 0.1) is 0 Å². The number of nitrogens with zero attached hydrogens (tertiary/aromatic N) is 1. The van der Waals surface area contributed by atoms with Crippen LogP contribution in [0.15, 0.2) is 30.6 Å². The van der Waals surface area contributed by atoms with Gasteiger partial charge in [0, 0.05) is 46.3 Å². The Balaban J connectivity index is 2.36.